The molecule has 0 atom stereocenters. The van der Waals surface area contributed by atoms with Crippen LogP contribution in [-0.2, 0) is 0 Å². The van der Waals surface area contributed by atoms with Crippen LogP contribution in [0.3, 0.4) is 0 Å². The van der Waals surface area contributed by atoms with Crippen LogP contribution in [-0.4, -0.2) is 15.9 Å². The summed E-state index contributed by atoms with van der Waals surface area (Å²) in [6.07, 6.45) is 6.91. The van der Waals surface area contributed by atoms with Crippen LogP contribution in [0, 0.1) is 0 Å². The average Bonchev–Trinajstić information content (AvgIpc) is 2.77. The van der Waals surface area contributed by atoms with Gasteiger partial charge in [-0.1, -0.05) is 0 Å². The number of rotatable bonds is 6. The first-order valence-corrected chi connectivity index (χ1v) is 9.12. The van der Waals surface area contributed by atoms with Crippen molar-refractivity contribution in [3.63, 3.8) is 0 Å². The van der Waals surface area contributed by atoms with Crippen LogP contribution in [0.2, 0.25) is 0 Å². The molecule has 1 amide bonds. The molecule has 2 aromatic carbocycles. The first kappa shape index (κ1) is 18.2. The topological polar surface area (TPSA) is 78.9 Å². The van der Waals surface area contributed by atoms with Crippen molar-refractivity contribution in [3.8, 4) is 0 Å². The third kappa shape index (κ3) is 4.95. The van der Waals surface area contributed by atoms with Gasteiger partial charge in [-0.2, -0.15) is 0 Å². The summed E-state index contributed by atoms with van der Waals surface area (Å²) >= 11 is 0. The van der Waals surface area contributed by atoms with Gasteiger partial charge in [0.05, 0.1) is 0 Å². The number of carbonyl (C=O) groups is 1. The smallest absolute Gasteiger partial charge is 0.255 e. The molecule has 0 saturated carbocycles. The van der Waals surface area contributed by atoms with Crippen LogP contribution in [0.4, 0.5) is 28.4 Å². The number of nitrogens with one attached hydrogen (secondary N) is 3. The average molecular weight is 381 g/mol. The zero-order valence-electron chi connectivity index (χ0n) is 15.5. The van der Waals surface area contributed by atoms with Crippen molar-refractivity contribution in [2.24, 2.45) is 0 Å². The minimum Gasteiger partial charge on any atom is -0.355 e. The lowest BCUT2D eigenvalue weighted by Gasteiger charge is -2.10. The summed E-state index contributed by atoms with van der Waals surface area (Å²) in [5.74, 6) is -0.157. The number of pyridine rings is 2. The number of hydrogen-bond acceptors (Lipinski definition) is 5. The molecule has 0 radical (unpaired) electrons. The van der Waals surface area contributed by atoms with E-state index in [1.54, 1.807) is 36.9 Å². The Labute approximate surface area is 168 Å². The first-order valence-electron chi connectivity index (χ1n) is 9.12. The highest BCUT2D eigenvalue weighted by Crippen LogP contribution is 2.20. The van der Waals surface area contributed by atoms with Crippen molar-refractivity contribution in [1.29, 1.82) is 0 Å². The second-order valence-corrected chi connectivity index (χ2v) is 6.33. The molecule has 6 heteroatoms. The van der Waals surface area contributed by atoms with E-state index in [0.29, 0.717) is 5.56 Å². The van der Waals surface area contributed by atoms with Crippen molar-refractivity contribution in [3.05, 3.63) is 103 Å². The van der Waals surface area contributed by atoms with Gasteiger partial charge in [-0.05, 0) is 72.8 Å². The maximum Gasteiger partial charge on any atom is 0.255 e. The molecule has 0 bridgehead atoms. The SMILES string of the molecule is O=C(Nc1ccc(Nc2ccncc2)cc1)c1ccc(Nc2ccncc2)cc1. The lowest BCUT2D eigenvalue weighted by Crippen LogP contribution is -2.11. The van der Waals surface area contributed by atoms with E-state index in [4.69, 9.17) is 0 Å². The molecule has 142 valence electrons. The standard InChI is InChI=1S/C23H19N5O/c29-23(17-1-3-18(4-2-17)26-21-9-13-24-14-10-21)28-20-7-5-19(6-8-20)27-22-11-15-25-16-12-22/h1-16H,(H,24,26)(H,25,27)(H,28,29). The van der Waals surface area contributed by atoms with Crippen molar-refractivity contribution >= 4 is 34.3 Å². The second kappa shape index (κ2) is 8.67. The van der Waals surface area contributed by atoms with E-state index in [-0.39, 0.29) is 5.91 Å². The lowest BCUT2D eigenvalue weighted by atomic mass is 10.2. The number of carbonyl (C=O) groups excluding carboxylic acids is 1. The number of hydrogen-bond donors (Lipinski definition) is 3. The Kier molecular flexibility index (Phi) is 5.43. The Hall–Kier alpha value is -4.19. The molecular weight excluding hydrogens is 362 g/mol. The molecule has 6 nitrogen and oxygen atoms in total. The molecule has 2 aromatic heterocycles. The molecular formula is C23H19N5O. The van der Waals surface area contributed by atoms with Gasteiger partial charge in [0, 0.05) is 58.8 Å². The summed E-state index contributed by atoms with van der Waals surface area (Å²) in [5.41, 5.74) is 5.05. The Morgan fingerprint density at radius 3 is 1.38 bits per heavy atom. The zero-order chi connectivity index (χ0) is 19.9. The van der Waals surface area contributed by atoms with Gasteiger partial charge in [0.1, 0.15) is 0 Å². The van der Waals surface area contributed by atoms with Crippen LogP contribution in [0.5, 0.6) is 0 Å². The first-order chi connectivity index (χ1) is 14.3. The van der Waals surface area contributed by atoms with Crippen LogP contribution < -0.4 is 16.0 Å². The largest absolute Gasteiger partial charge is 0.355 e. The number of benzene rings is 2. The molecule has 4 rings (SSSR count). The Morgan fingerprint density at radius 1 is 0.517 bits per heavy atom. The van der Waals surface area contributed by atoms with Gasteiger partial charge < -0.3 is 16.0 Å². The molecule has 0 spiro atoms. The van der Waals surface area contributed by atoms with E-state index in [1.807, 2.05) is 60.7 Å². The van der Waals surface area contributed by atoms with Gasteiger partial charge in [0.15, 0.2) is 0 Å². The molecule has 0 aliphatic heterocycles. The minimum atomic E-state index is -0.157. The summed E-state index contributed by atoms with van der Waals surface area (Å²) in [7, 11) is 0. The van der Waals surface area contributed by atoms with Crippen molar-refractivity contribution in [2.75, 3.05) is 16.0 Å². The number of aromatic nitrogens is 2. The quantitative estimate of drug-likeness (QED) is 0.427. The van der Waals surface area contributed by atoms with E-state index in [9.17, 15) is 4.79 Å². The number of anilines is 5. The molecule has 29 heavy (non-hydrogen) atoms. The van der Waals surface area contributed by atoms with Gasteiger partial charge in [0.2, 0.25) is 0 Å². The molecule has 0 saturated heterocycles. The molecule has 3 N–H and O–H groups in total. The zero-order valence-corrected chi connectivity index (χ0v) is 15.5. The van der Waals surface area contributed by atoms with Gasteiger partial charge in [-0.15, -0.1) is 0 Å². The summed E-state index contributed by atoms with van der Waals surface area (Å²) in [4.78, 5) is 20.5. The molecule has 0 aliphatic rings. The highest BCUT2D eigenvalue weighted by atomic mass is 16.1. The maximum absolute atomic E-state index is 12.5. The van der Waals surface area contributed by atoms with Crippen LogP contribution in [0.1, 0.15) is 10.4 Å². The summed E-state index contributed by atoms with van der Waals surface area (Å²) < 4.78 is 0. The van der Waals surface area contributed by atoms with Crippen LogP contribution in [0.15, 0.2) is 97.6 Å². The maximum atomic E-state index is 12.5. The van der Waals surface area contributed by atoms with Crippen LogP contribution >= 0.6 is 0 Å². The van der Waals surface area contributed by atoms with E-state index in [2.05, 4.69) is 25.9 Å². The van der Waals surface area contributed by atoms with Gasteiger partial charge >= 0.3 is 0 Å². The predicted molar refractivity (Wildman–Crippen MR) is 116 cm³/mol. The molecule has 0 fully saturated rings. The summed E-state index contributed by atoms with van der Waals surface area (Å²) in [6, 6.07) is 22.4. The lowest BCUT2D eigenvalue weighted by molar-refractivity contribution is 0.102. The highest BCUT2D eigenvalue weighted by molar-refractivity contribution is 6.04. The fourth-order valence-electron chi connectivity index (χ4n) is 2.75. The third-order valence-electron chi connectivity index (χ3n) is 4.23. The Bertz CT molecular complexity index is 1070. The van der Waals surface area contributed by atoms with Crippen LogP contribution in [0.25, 0.3) is 0 Å². The Morgan fingerprint density at radius 2 is 0.897 bits per heavy atom. The van der Waals surface area contributed by atoms with Crippen molar-refractivity contribution in [1.82, 2.24) is 9.97 Å². The molecule has 4 aromatic rings. The fraction of sp³-hybridized carbons (Fsp3) is 0. The van der Waals surface area contributed by atoms with E-state index in [1.165, 1.54) is 0 Å². The normalized spacial score (nSPS) is 10.2. The molecule has 2 heterocycles. The fourth-order valence-corrected chi connectivity index (χ4v) is 2.75. The van der Waals surface area contributed by atoms with Gasteiger partial charge in [-0.25, -0.2) is 0 Å². The molecule has 0 unspecified atom stereocenters. The van der Waals surface area contributed by atoms with E-state index < -0.39 is 0 Å². The monoisotopic (exact) mass is 381 g/mol. The number of amides is 1. The predicted octanol–water partition coefficient (Wildman–Crippen LogP) is 5.22. The summed E-state index contributed by atoms with van der Waals surface area (Å²) in [6.45, 7) is 0. The minimum absolute atomic E-state index is 0.157. The van der Waals surface area contributed by atoms with E-state index in [0.717, 1.165) is 28.4 Å². The second-order valence-electron chi connectivity index (χ2n) is 6.33. The van der Waals surface area contributed by atoms with E-state index >= 15 is 0 Å². The van der Waals surface area contributed by atoms with Gasteiger partial charge in [-0.3, -0.25) is 14.8 Å². The highest BCUT2D eigenvalue weighted by Gasteiger charge is 2.06. The van der Waals surface area contributed by atoms with Gasteiger partial charge in [0.25, 0.3) is 5.91 Å². The number of nitrogens with zero attached hydrogens (tertiary/aromatic N) is 2. The summed E-state index contributed by atoms with van der Waals surface area (Å²) in [5, 5.41) is 9.46. The van der Waals surface area contributed by atoms with Crippen molar-refractivity contribution in [2.45, 2.75) is 0 Å². The third-order valence-corrected chi connectivity index (χ3v) is 4.23. The molecule has 0 aliphatic carbocycles. The van der Waals surface area contributed by atoms with Crippen molar-refractivity contribution < 1.29 is 4.79 Å². The Balaban J connectivity index is 1.36.